The zero-order valence-corrected chi connectivity index (χ0v) is 35.9. The van der Waals surface area contributed by atoms with Crippen LogP contribution in [0.2, 0.25) is 0 Å². The fourth-order valence-electron chi connectivity index (χ4n) is 12.2. The molecule has 9 heteroatoms. The van der Waals surface area contributed by atoms with Crippen LogP contribution in [0.1, 0.15) is 134 Å². The molecule has 310 valence electrons. The molecule has 0 spiro atoms. The minimum Gasteiger partial charge on any atom is -0.462 e. The molecule has 0 aromatic rings. The number of allylic oxidation sites excluding steroid dienone is 4. The number of rotatable bonds is 11. The van der Waals surface area contributed by atoms with Crippen LogP contribution < -0.4 is 0 Å². The van der Waals surface area contributed by atoms with Gasteiger partial charge >= 0.3 is 17.9 Å². The van der Waals surface area contributed by atoms with Crippen molar-refractivity contribution in [2.24, 2.45) is 50.2 Å². The molecule has 0 aromatic heterocycles. The van der Waals surface area contributed by atoms with Gasteiger partial charge in [-0.15, -0.1) is 6.58 Å². The normalized spacial score (nSPS) is 40.6. The highest BCUT2D eigenvalue weighted by atomic mass is 16.6. The first-order chi connectivity index (χ1) is 25.3. The van der Waals surface area contributed by atoms with Crippen molar-refractivity contribution in [3.63, 3.8) is 0 Å². The standard InChI is InChI=1S/C46H72O9/c1-14-15-33-43(11)18-17-35(55-38(50)22-30(6)7)44(12,26-53-36(48)20-28(2)3)32(43)16-19-45(33,13)42(10)24-31-23-41(8,9)39(51)40(52)46(31,34(47)25-42)27-54-37(49)21-29(4)5/h14,20-22,31-35,39-40,47,51-52H,1,15-19,23-27H2,2-13H3/t31?,32?,33?,34-,35+,39+,40+,42+,43+,44-,45-,46+/m1/s1. The number of hydrogen-bond acceptors (Lipinski definition) is 9. The second kappa shape index (κ2) is 16.2. The first kappa shape index (κ1) is 45.0. The van der Waals surface area contributed by atoms with Crippen LogP contribution in [0.4, 0.5) is 0 Å². The highest BCUT2D eigenvalue weighted by Gasteiger charge is 2.70. The second-order valence-electron chi connectivity index (χ2n) is 20.3. The summed E-state index contributed by atoms with van der Waals surface area (Å²) in [5.74, 6) is -1.43. The number of hydrogen-bond donors (Lipinski definition) is 3. The zero-order chi connectivity index (χ0) is 41.5. The Kier molecular flexibility index (Phi) is 13.3. The molecule has 0 aromatic carbocycles. The monoisotopic (exact) mass is 769 g/mol. The molecule has 0 bridgehead atoms. The summed E-state index contributed by atoms with van der Waals surface area (Å²) in [5, 5.41) is 35.8. The van der Waals surface area contributed by atoms with E-state index >= 15 is 0 Å². The van der Waals surface area contributed by atoms with Crippen molar-refractivity contribution < 1.29 is 43.9 Å². The first-order valence-electron chi connectivity index (χ1n) is 20.5. The lowest BCUT2D eigenvalue weighted by atomic mass is 9.35. The van der Waals surface area contributed by atoms with E-state index in [2.05, 4.69) is 34.3 Å². The van der Waals surface area contributed by atoms with Gasteiger partial charge in [-0.05, 0) is 132 Å². The van der Waals surface area contributed by atoms with Crippen LogP contribution in [0, 0.1) is 50.2 Å². The Morgan fingerprint density at radius 3 is 1.80 bits per heavy atom. The molecular weight excluding hydrogens is 696 g/mol. The van der Waals surface area contributed by atoms with Crippen molar-refractivity contribution in [3.8, 4) is 0 Å². The van der Waals surface area contributed by atoms with E-state index in [4.69, 9.17) is 14.2 Å². The number of aliphatic hydroxyl groups excluding tert-OH is 3. The number of carbonyl (C=O) groups excluding carboxylic acids is 3. The number of esters is 3. The van der Waals surface area contributed by atoms with Gasteiger partial charge in [0.1, 0.15) is 19.3 Å². The quantitative estimate of drug-likeness (QED) is 0.0822. The Balaban J connectivity index is 1.77. The average Bonchev–Trinajstić information content (AvgIpc) is 3.04. The first-order valence-corrected chi connectivity index (χ1v) is 20.5. The van der Waals surface area contributed by atoms with Gasteiger partial charge in [0, 0.05) is 23.6 Å². The van der Waals surface area contributed by atoms with Crippen LogP contribution in [-0.4, -0.2) is 70.9 Å². The Labute approximate surface area is 331 Å². The Bertz CT molecular complexity index is 1560. The molecule has 0 heterocycles. The molecule has 0 radical (unpaired) electrons. The number of aliphatic hydroxyl groups is 3. The molecule has 0 saturated heterocycles. The maximum absolute atomic E-state index is 13.1. The van der Waals surface area contributed by atoms with Crippen LogP contribution in [0.15, 0.2) is 47.6 Å². The highest BCUT2D eigenvalue weighted by Crippen LogP contribution is 2.73. The van der Waals surface area contributed by atoms with Crippen molar-refractivity contribution in [1.29, 1.82) is 0 Å². The van der Waals surface area contributed by atoms with E-state index in [0.717, 1.165) is 42.4 Å². The van der Waals surface area contributed by atoms with Crippen LogP contribution in [0.5, 0.6) is 0 Å². The van der Waals surface area contributed by atoms with Crippen LogP contribution in [0.3, 0.4) is 0 Å². The van der Waals surface area contributed by atoms with Gasteiger partial charge < -0.3 is 29.5 Å². The fourth-order valence-corrected chi connectivity index (χ4v) is 12.2. The van der Waals surface area contributed by atoms with Crippen molar-refractivity contribution in [2.75, 3.05) is 13.2 Å². The molecule has 4 saturated carbocycles. The Morgan fingerprint density at radius 2 is 1.25 bits per heavy atom. The number of fused-ring (bicyclic) bond motifs is 2. The van der Waals surface area contributed by atoms with E-state index in [9.17, 15) is 29.7 Å². The highest BCUT2D eigenvalue weighted by molar-refractivity contribution is 5.83. The van der Waals surface area contributed by atoms with Gasteiger partial charge in [-0.1, -0.05) is 64.3 Å². The molecule has 3 unspecified atom stereocenters. The summed E-state index contributed by atoms with van der Waals surface area (Å²) < 4.78 is 18.0. The summed E-state index contributed by atoms with van der Waals surface area (Å²) in [6.07, 6.45) is 7.84. The van der Waals surface area contributed by atoms with E-state index in [-0.39, 0.29) is 47.8 Å². The number of carbonyl (C=O) groups is 3. The average molecular weight is 769 g/mol. The predicted molar refractivity (Wildman–Crippen MR) is 214 cm³/mol. The lowest BCUT2D eigenvalue weighted by Crippen LogP contribution is -2.70. The molecule has 9 nitrogen and oxygen atoms in total. The third-order valence-electron chi connectivity index (χ3n) is 15.2. The molecule has 4 fully saturated rings. The summed E-state index contributed by atoms with van der Waals surface area (Å²) in [6, 6.07) is 0. The summed E-state index contributed by atoms with van der Waals surface area (Å²) in [4.78, 5) is 38.9. The lowest BCUT2D eigenvalue weighted by molar-refractivity contribution is -0.277. The van der Waals surface area contributed by atoms with Gasteiger partial charge in [-0.25, -0.2) is 14.4 Å². The van der Waals surface area contributed by atoms with Crippen LogP contribution in [-0.2, 0) is 28.6 Å². The van der Waals surface area contributed by atoms with Gasteiger partial charge in [0.05, 0.1) is 23.7 Å². The van der Waals surface area contributed by atoms with E-state index in [1.807, 2.05) is 61.5 Å². The summed E-state index contributed by atoms with van der Waals surface area (Å²) in [6.45, 7) is 28.3. The maximum atomic E-state index is 13.1. The van der Waals surface area contributed by atoms with E-state index in [1.54, 1.807) is 0 Å². The molecule has 3 N–H and O–H groups in total. The van der Waals surface area contributed by atoms with Gasteiger partial charge in [0.15, 0.2) is 0 Å². The Morgan fingerprint density at radius 1 is 0.709 bits per heavy atom. The van der Waals surface area contributed by atoms with Crippen molar-refractivity contribution >= 4 is 17.9 Å². The molecule has 0 amide bonds. The third kappa shape index (κ3) is 8.32. The zero-order valence-electron chi connectivity index (χ0n) is 35.9. The predicted octanol–water partition coefficient (Wildman–Crippen LogP) is 8.21. The smallest absolute Gasteiger partial charge is 0.330 e. The van der Waals surface area contributed by atoms with E-state index < -0.39 is 58.0 Å². The minimum atomic E-state index is -1.29. The largest absolute Gasteiger partial charge is 0.462 e. The SMILES string of the molecule is C=CCC1[C@@]2(C)CC[C@H](OC(=O)C=C(C)C)[C@](C)(COC(=O)C=C(C)C)C2CC[C@@]1(C)[C@@]1(C)CC2CC(C)(C)[C@@H](O)[C@H](O)[C@]2(COC(=O)C=C(C)C)[C@H](O)C1. The van der Waals surface area contributed by atoms with Gasteiger partial charge in [0.25, 0.3) is 0 Å². The molecular formula is C46H72O9. The van der Waals surface area contributed by atoms with Crippen molar-refractivity contribution in [3.05, 3.63) is 47.6 Å². The van der Waals surface area contributed by atoms with Crippen LogP contribution in [0.25, 0.3) is 0 Å². The van der Waals surface area contributed by atoms with Gasteiger partial charge in [-0.3, -0.25) is 0 Å². The van der Waals surface area contributed by atoms with E-state index in [0.29, 0.717) is 25.7 Å². The minimum absolute atomic E-state index is 0.0343. The molecule has 4 aliphatic rings. The topological polar surface area (TPSA) is 140 Å². The molecule has 0 aliphatic heterocycles. The number of ether oxygens (including phenoxy) is 3. The molecule has 4 aliphatic carbocycles. The Hall–Kier alpha value is -2.75. The second-order valence-corrected chi connectivity index (χ2v) is 20.3. The molecule has 4 rings (SSSR count). The molecule has 55 heavy (non-hydrogen) atoms. The summed E-state index contributed by atoms with van der Waals surface area (Å²) >= 11 is 0. The molecule has 12 atom stereocenters. The van der Waals surface area contributed by atoms with E-state index in [1.165, 1.54) is 18.2 Å². The lowest BCUT2D eigenvalue weighted by Gasteiger charge is -2.70. The van der Waals surface area contributed by atoms with Crippen molar-refractivity contribution in [1.82, 2.24) is 0 Å². The fraction of sp³-hybridized carbons (Fsp3) is 0.761. The van der Waals surface area contributed by atoms with Crippen LogP contribution >= 0.6 is 0 Å². The van der Waals surface area contributed by atoms with Crippen molar-refractivity contribution in [2.45, 2.75) is 159 Å². The maximum Gasteiger partial charge on any atom is 0.330 e. The summed E-state index contributed by atoms with van der Waals surface area (Å²) in [7, 11) is 0. The summed E-state index contributed by atoms with van der Waals surface area (Å²) in [5.41, 5.74) is -1.05. The van der Waals surface area contributed by atoms with Gasteiger partial charge in [-0.2, -0.15) is 0 Å². The van der Waals surface area contributed by atoms with Gasteiger partial charge in [0.2, 0.25) is 0 Å². The third-order valence-corrected chi connectivity index (χ3v) is 15.2.